The predicted molar refractivity (Wildman–Crippen MR) is 74.6 cm³/mol. The van der Waals surface area contributed by atoms with Gasteiger partial charge in [0.05, 0.1) is 12.0 Å². The number of ether oxygens (including phenoxy) is 1. The predicted octanol–water partition coefficient (Wildman–Crippen LogP) is 3.24. The van der Waals surface area contributed by atoms with Gasteiger partial charge in [0.25, 0.3) is 0 Å². The van der Waals surface area contributed by atoms with Crippen molar-refractivity contribution in [3.05, 3.63) is 22.2 Å². The summed E-state index contributed by atoms with van der Waals surface area (Å²) in [4.78, 5) is 14.6. The molecule has 6 nitrogen and oxygen atoms in total. The van der Waals surface area contributed by atoms with E-state index in [1.807, 2.05) is 6.92 Å². The van der Waals surface area contributed by atoms with Crippen LogP contribution in [0.15, 0.2) is 12.1 Å². The third-order valence-corrected chi connectivity index (χ3v) is 2.81. The summed E-state index contributed by atoms with van der Waals surface area (Å²) in [5, 5.41) is 14.0. The van der Waals surface area contributed by atoms with Crippen molar-refractivity contribution in [2.24, 2.45) is 5.92 Å². The molecule has 1 aromatic heterocycles. The first-order valence-corrected chi connectivity index (χ1v) is 6.40. The smallest absolute Gasteiger partial charge is 0.311 e. The summed E-state index contributed by atoms with van der Waals surface area (Å²) in [5.74, 6) is 1.24. The molecule has 0 radical (unpaired) electrons. The topological polar surface area (TPSA) is 77.3 Å². The van der Waals surface area contributed by atoms with Crippen molar-refractivity contribution < 1.29 is 9.66 Å². The fraction of sp³-hybridized carbons (Fsp3) is 0.615. The molecule has 0 bridgehead atoms. The lowest BCUT2D eigenvalue weighted by Crippen LogP contribution is -2.17. The average molecular weight is 267 g/mol. The minimum atomic E-state index is -0.441. The van der Waals surface area contributed by atoms with Gasteiger partial charge in [0, 0.05) is 18.2 Å². The molecule has 1 rings (SSSR count). The molecule has 1 N–H and O–H groups in total. The van der Waals surface area contributed by atoms with Crippen LogP contribution in [0.4, 0.5) is 11.5 Å². The van der Waals surface area contributed by atoms with Crippen molar-refractivity contribution in [3.63, 3.8) is 0 Å². The molecule has 0 saturated carbocycles. The molecule has 6 heteroatoms. The summed E-state index contributed by atoms with van der Waals surface area (Å²) in [6.45, 7) is 6.30. The van der Waals surface area contributed by atoms with E-state index in [1.54, 1.807) is 0 Å². The Morgan fingerprint density at radius 3 is 2.58 bits per heavy atom. The van der Waals surface area contributed by atoms with Crippen LogP contribution in [0, 0.1) is 16.0 Å². The fourth-order valence-corrected chi connectivity index (χ4v) is 1.69. The minimum Gasteiger partial charge on any atom is -0.481 e. The largest absolute Gasteiger partial charge is 0.481 e. The van der Waals surface area contributed by atoms with Gasteiger partial charge in [-0.15, -0.1) is 0 Å². The van der Waals surface area contributed by atoms with Crippen LogP contribution in [-0.2, 0) is 0 Å². The lowest BCUT2D eigenvalue weighted by Gasteiger charge is -2.16. The van der Waals surface area contributed by atoms with Crippen LogP contribution < -0.4 is 10.1 Å². The Balaban J connectivity index is 2.82. The summed E-state index contributed by atoms with van der Waals surface area (Å²) in [6, 6.07) is 3.02. The molecule has 1 aromatic rings. The van der Waals surface area contributed by atoms with E-state index < -0.39 is 4.92 Å². The van der Waals surface area contributed by atoms with Crippen molar-refractivity contribution in [1.29, 1.82) is 0 Å². The van der Waals surface area contributed by atoms with Gasteiger partial charge in [0.1, 0.15) is 0 Å². The van der Waals surface area contributed by atoms with E-state index in [0.717, 1.165) is 12.8 Å². The number of hydrogen-bond acceptors (Lipinski definition) is 5. The molecule has 0 aliphatic rings. The summed E-state index contributed by atoms with van der Waals surface area (Å²) < 4.78 is 5.00. The highest BCUT2D eigenvalue weighted by Gasteiger charge is 2.18. The van der Waals surface area contributed by atoms with Gasteiger partial charge in [-0.05, 0) is 25.7 Å². The third-order valence-electron chi connectivity index (χ3n) is 2.81. The van der Waals surface area contributed by atoms with E-state index >= 15 is 0 Å². The van der Waals surface area contributed by atoms with Crippen molar-refractivity contribution >= 4 is 11.5 Å². The number of pyridine rings is 1. The standard InChI is InChI=1S/C13H21N3O3/c1-9(2)5-6-10(3)14-13-11(16(17)18)7-8-12(15-13)19-4/h7-10H,5-6H2,1-4H3,(H,14,15). The molecular formula is C13H21N3O3. The normalized spacial score (nSPS) is 12.3. The van der Waals surface area contributed by atoms with Gasteiger partial charge in [0.2, 0.25) is 11.7 Å². The Bertz CT molecular complexity index is 435. The van der Waals surface area contributed by atoms with Crippen LogP contribution in [0.3, 0.4) is 0 Å². The first kappa shape index (κ1) is 15.2. The van der Waals surface area contributed by atoms with Gasteiger partial charge in [-0.25, -0.2) is 0 Å². The lowest BCUT2D eigenvalue weighted by molar-refractivity contribution is -0.384. The molecule has 0 spiro atoms. The molecule has 1 unspecified atom stereocenters. The maximum absolute atomic E-state index is 11.0. The molecule has 106 valence electrons. The minimum absolute atomic E-state index is 0.0304. The van der Waals surface area contributed by atoms with Crippen LogP contribution in [0.5, 0.6) is 5.88 Å². The zero-order chi connectivity index (χ0) is 14.4. The highest BCUT2D eigenvalue weighted by Crippen LogP contribution is 2.26. The molecule has 0 amide bonds. The highest BCUT2D eigenvalue weighted by molar-refractivity contribution is 5.57. The molecule has 0 saturated heterocycles. The third kappa shape index (κ3) is 4.73. The van der Waals surface area contributed by atoms with Crippen LogP contribution in [0.2, 0.25) is 0 Å². The number of nitrogens with one attached hydrogen (secondary N) is 1. The van der Waals surface area contributed by atoms with Gasteiger partial charge in [-0.1, -0.05) is 13.8 Å². The van der Waals surface area contributed by atoms with E-state index in [0.29, 0.717) is 11.8 Å². The Morgan fingerprint density at radius 1 is 1.37 bits per heavy atom. The zero-order valence-electron chi connectivity index (χ0n) is 11.8. The summed E-state index contributed by atoms with van der Waals surface area (Å²) in [7, 11) is 1.49. The second-order valence-corrected chi connectivity index (χ2v) is 5.00. The number of hydrogen-bond donors (Lipinski definition) is 1. The Morgan fingerprint density at radius 2 is 2.05 bits per heavy atom. The Labute approximate surface area is 113 Å². The monoisotopic (exact) mass is 267 g/mol. The van der Waals surface area contributed by atoms with Crippen molar-refractivity contribution in [2.75, 3.05) is 12.4 Å². The number of nitro groups is 1. The molecule has 0 aliphatic heterocycles. The first-order valence-electron chi connectivity index (χ1n) is 6.40. The molecule has 1 heterocycles. The summed E-state index contributed by atoms with van der Waals surface area (Å²) in [5.41, 5.74) is -0.0304. The maximum atomic E-state index is 11.0. The number of methoxy groups -OCH3 is 1. The molecule has 0 fully saturated rings. The number of nitrogens with zero attached hydrogens (tertiary/aromatic N) is 2. The van der Waals surface area contributed by atoms with E-state index in [1.165, 1.54) is 19.2 Å². The van der Waals surface area contributed by atoms with Crippen LogP contribution in [-0.4, -0.2) is 23.1 Å². The van der Waals surface area contributed by atoms with E-state index in [2.05, 4.69) is 24.1 Å². The van der Waals surface area contributed by atoms with Crippen molar-refractivity contribution in [2.45, 2.75) is 39.7 Å². The number of rotatable bonds is 7. The summed E-state index contributed by atoms with van der Waals surface area (Å²) >= 11 is 0. The van der Waals surface area contributed by atoms with Crippen LogP contribution in [0.1, 0.15) is 33.6 Å². The maximum Gasteiger partial charge on any atom is 0.311 e. The van der Waals surface area contributed by atoms with Gasteiger partial charge in [-0.3, -0.25) is 10.1 Å². The molecule has 19 heavy (non-hydrogen) atoms. The first-order chi connectivity index (χ1) is 8.93. The summed E-state index contributed by atoms with van der Waals surface area (Å²) in [6.07, 6.45) is 2.00. The van der Waals surface area contributed by atoms with Crippen LogP contribution in [0.25, 0.3) is 0 Å². The number of anilines is 1. The lowest BCUT2D eigenvalue weighted by atomic mass is 10.0. The van der Waals surface area contributed by atoms with Crippen LogP contribution >= 0.6 is 0 Å². The average Bonchev–Trinajstić information content (AvgIpc) is 2.35. The molecule has 0 aromatic carbocycles. The van der Waals surface area contributed by atoms with E-state index in [9.17, 15) is 10.1 Å². The SMILES string of the molecule is COc1ccc([N+](=O)[O-])c(NC(C)CCC(C)C)n1. The number of aromatic nitrogens is 1. The Hall–Kier alpha value is -1.85. The molecule has 0 aliphatic carbocycles. The van der Waals surface area contributed by atoms with Gasteiger partial charge >= 0.3 is 5.69 Å². The highest BCUT2D eigenvalue weighted by atomic mass is 16.6. The second-order valence-electron chi connectivity index (χ2n) is 5.00. The van der Waals surface area contributed by atoms with Gasteiger partial charge in [0.15, 0.2) is 0 Å². The van der Waals surface area contributed by atoms with E-state index in [-0.39, 0.29) is 17.5 Å². The van der Waals surface area contributed by atoms with E-state index in [4.69, 9.17) is 4.74 Å². The zero-order valence-corrected chi connectivity index (χ0v) is 11.8. The molecular weight excluding hydrogens is 246 g/mol. The molecule has 1 atom stereocenters. The van der Waals surface area contributed by atoms with Crippen molar-refractivity contribution in [3.8, 4) is 5.88 Å². The fourth-order valence-electron chi connectivity index (χ4n) is 1.69. The van der Waals surface area contributed by atoms with Gasteiger partial charge < -0.3 is 10.1 Å². The van der Waals surface area contributed by atoms with Crippen molar-refractivity contribution in [1.82, 2.24) is 4.98 Å². The quantitative estimate of drug-likeness (QED) is 0.606. The Kier molecular flexibility index (Phi) is 5.54. The van der Waals surface area contributed by atoms with Gasteiger partial charge in [-0.2, -0.15) is 4.98 Å². The second kappa shape index (κ2) is 6.92.